The van der Waals surface area contributed by atoms with Crippen LogP contribution in [0.5, 0.6) is 0 Å². The molecular weight excluding hydrogens is 254 g/mol. The van der Waals surface area contributed by atoms with Crippen LogP contribution in [0.25, 0.3) is 10.9 Å². The van der Waals surface area contributed by atoms with Crippen molar-refractivity contribution in [1.29, 1.82) is 0 Å². The molecule has 2 aromatic heterocycles. The van der Waals surface area contributed by atoms with Crippen molar-refractivity contribution in [3.8, 4) is 0 Å². The van der Waals surface area contributed by atoms with Crippen LogP contribution in [0, 0.1) is 0 Å². The van der Waals surface area contributed by atoms with Gasteiger partial charge in [-0.3, -0.25) is 15.0 Å². The Morgan fingerprint density at radius 3 is 3.05 bits per heavy atom. The van der Waals surface area contributed by atoms with Gasteiger partial charge in [-0.2, -0.15) is 10.2 Å². The summed E-state index contributed by atoms with van der Waals surface area (Å²) >= 11 is 0. The van der Waals surface area contributed by atoms with Crippen LogP contribution in [-0.4, -0.2) is 26.3 Å². The number of amides is 1. The normalized spacial score (nSPS) is 10.8. The van der Waals surface area contributed by atoms with Gasteiger partial charge >= 0.3 is 0 Å². The molecule has 0 aliphatic heterocycles. The van der Waals surface area contributed by atoms with E-state index in [-0.39, 0.29) is 5.91 Å². The second-order valence-electron chi connectivity index (χ2n) is 4.65. The summed E-state index contributed by atoms with van der Waals surface area (Å²) in [6.07, 6.45) is 3.68. The van der Waals surface area contributed by atoms with Crippen LogP contribution in [0.15, 0.2) is 30.5 Å². The average Bonchev–Trinajstić information content (AvgIpc) is 3.07. The number of benzene rings is 1. The van der Waals surface area contributed by atoms with Gasteiger partial charge in [0.15, 0.2) is 5.82 Å². The smallest absolute Gasteiger partial charge is 0.256 e. The Labute approximate surface area is 115 Å². The van der Waals surface area contributed by atoms with Gasteiger partial charge in [0, 0.05) is 22.7 Å². The number of fused-ring (bicyclic) bond motifs is 1. The third-order valence-corrected chi connectivity index (χ3v) is 3.10. The molecule has 1 aromatic carbocycles. The number of nitrogens with one attached hydrogen (secondary N) is 3. The Bertz CT molecular complexity index is 743. The lowest BCUT2D eigenvalue weighted by Crippen LogP contribution is -2.12. The number of carbonyl (C=O) groups is 1. The minimum atomic E-state index is -0.184. The van der Waals surface area contributed by atoms with Gasteiger partial charge in [0.25, 0.3) is 5.91 Å². The highest BCUT2D eigenvalue weighted by atomic mass is 16.1. The predicted molar refractivity (Wildman–Crippen MR) is 76.6 cm³/mol. The molecule has 0 spiro atoms. The highest BCUT2D eigenvalue weighted by Crippen LogP contribution is 2.14. The highest BCUT2D eigenvalue weighted by Gasteiger charge is 2.09. The van der Waals surface area contributed by atoms with Crippen molar-refractivity contribution >= 4 is 22.6 Å². The minimum Gasteiger partial charge on any atom is -0.305 e. The number of rotatable bonds is 4. The second kappa shape index (κ2) is 5.16. The first-order chi connectivity index (χ1) is 9.76. The monoisotopic (exact) mass is 269 g/mol. The maximum absolute atomic E-state index is 12.1. The fourth-order valence-electron chi connectivity index (χ4n) is 2.09. The van der Waals surface area contributed by atoms with E-state index >= 15 is 0 Å². The average molecular weight is 269 g/mol. The van der Waals surface area contributed by atoms with E-state index in [0.717, 1.165) is 29.4 Å². The number of hydrogen-bond donors (Lipinski definition) is 3. The summed E-state index contributed by atoms with van der Waals surface area (Å²) in [6.45, 7) is 2.10. The Hall–Kier alpha value is -2.63. The van der Waals surface area contributed by atoms with E-state index in [1.165, 1.54) is 0 Å². The summed E-state index contributed by atoms with van der Waals surface area (Å²) in [5.74, 6) is 0.360. The van der Waals surface area contributed by atoms with E-state index < -0.39 is 0 Å². The first-order valence-corrected chi connectivity index (χ1v) is 6.55. The van der Waals surface area contributed by atoms with E-state index in [4.69, 9.17) is 0 Å². The lowest BCUT2D eigenvalue weighted by atomic mass is 10.1. The third kappa shape index (κ3) is 2.40. The first-order valence-electron chi connectivity index (χ1n) is 6.55. The van der Waals surface area contributed by atoms with Crippen LogP contribution in [0.3, 0.4) is 0 Å². The van der Waals surface area contributed by atoms with Crippen molar-refractivity contribution in [3.05, 3.63) is 41.7 Å². The first kappa shape index (κ1) is 12.4. The Morgan fingerprint density at radius 1 is 1.30 bits per heavy atom. The van der Waals surface area contributed by atoms with Crippen LogP contribution in [-0.2, 0) is 6.42 Å². The van der Waals surface area contributed by atoms with Crippen molar-refractivity contribution in [2.24, 2.45) is 0 Å². The molecule has 0 radical (unpaired) electrons. The molecule has 3 N–H and O–H groups in total. The van der Waals surface area contributed by atoms with Gasteiger partial charge in [-0.15, -0.1) is 0 Å². The molecule has 3 rings (SSSR count). The number of hydrogen-bond acceptors (Lipinski definition) is 3. The minimum absolute atomic E-state index is 0.184. The third-order valence-electron chi connectivity index (χ3n) is 3.10. The van der Waals surface area contributed by atoms with E-state index in [9.17, 15) is 4.79 Å². The fourth-order valence-corrected chi connectivity index (χ4v) is 2.09. The van der Waals surface area contributed by atoms with Crippen molar-refractivity contribution in [2.45, 2.75) is 19.8 Å². The van der Waals surface area contributed by atoms with Crippen molar-refractivity contribution in [1.82, 2.24) is 20.4 Å². The van der Waals surface area contributed by atoms with Crippen LogP contribution >= 0.6 is 0 Å². The number of anilines is 1. The van der Waals surface area contributed by atoms with E-state index in [1.54, 1.807) is 18.3 Å². The van der Waals surface area contributed by atoms with Crippen LogP contribution in [0.4, 0.5) is 5.82 Å². The molecule has 102 valence electrons. The van der Waals surface area contributed by atoms with Crippen LogP contribution < -0.4 is 5.32 Å². The van der Waals surface area contributed by atoms with E-state index in [1.807, 2.05) is 12.1 Å². The largest absolute Gasteiger partial charge is 0.305 e. The molecule has 0 aliphatic rings. The molecule has 3 aromatic rings. The van der Waals surface area contributed by atoms with Gasteiger partial charge in [0.1, 0.15) is 0 Å². The SMILES string of the molecule is CCCc1cc(NC(=O)c2ccc3cn[nH]c3c2)n[nH]1. The summed E-state index contributed by atoms with van der Waals surface area (Å²) in [5.41, 5.74) is 2.43. The summed E-state index contributed by atoms with van der Waals surface area (Å²) < 4.78 is 0. The standard InChI is InChI=1S/C14H15N5O/c1-2-3-11-7-13(19-17-11)16-14(20)9-4-5-10-8-15-18-12(10)6-9/h4-8H,2-3H2,1H3,(H,15,18)(H2,16,17,19,20). The molecule has 6 nitrogen and oxygen atoms in total. The maximum Gasteiger partial charge on any atom is 0.256 e. The molecule has 0 saturated carbocycles. The highest BCUT2D eigenvalue weighted by molar-refractivity contribution is 6.05. The van der Waals surface area contributed by atoms with Crippen LogP contribution in [0.1, 0.15) is 29.4 Å². The van der Waals surface area contributed by atoms with Gasteiger partial charge in [0.05, 0.1) is 11.7 Å². The fraction of sp³-hybridized carbons (Fsp3) is 0.214. The lowest BCUT2D eigenvalue weighted by Gasteiger charge is -2.01. The number of aromatic amines is 2. The number of H-pyrrole nitrogens is 2. The quantitative estimate of drug-likeness (QED) is 0.680. The van der Waals surface area contributed by atoms with Gasteiger partial charge in [-0.25, -0.2) is 0 Å². The molecule has 6 heteroatoms. The van der Waals surface area contributed by atoms with Gasteiger partial charge < -0.3 is 5.32 Å². The molecule has 0 bridgehead atoms. The Kier molecular flexibility index (Phi) is 3.20. The molecule has 0 unspecified atom stereocenters. The molecule has 0 aliphatic carbocycles. The van der Waals surface area contributed by atoms with E-state index in [0.29, 0.717) is 11.4 Å². The zero-order valence-electron chi connectivity index (χ0n) is 11.1. The number of aromatic nitrogens is 4. The molecular formula is C14H15N5O. The zero-order valence-corrected chi connectivity index (χ0v) is 11.1. The number of carbonyl (C=O) groups excluding carboxylic acids is 1. The topological polar surface area (TPSA) is 86.5 Å². The summed E-state index contributed by atoms with van der Waals surface area (Å²) in [5, 5.41) is 17.5. The second-order valence-corrected chi connectivity index (χ2v) is 4.65. The molecule has 0 atom stereocenters. The van der Waals surface area contributed by atoms with Crippen LogP contribution in [0.2, 0.25) is 0 Å². The Morgan fingerprint density at radius 2 is 2.20 bits per heavy atom. The molecule has 0 saturated heterocycles. The summed E-state index contributed by atoms with van der Waals surface area (Å²) in [7, 11) is 0. The lowest BCUT2D eigenvalue weighted by molar-refractivity contribution is 0.102. The molecule has 2 heterocycles. The van der Waals surface area contributed by atoms with E-state index in [2.05, 4.69) is 32.6 Å². The molecule has 20 heavy (non-hydrogen) atoms. The van der Waals surface area contributed by atoms with Crippen molar-refractivity contribution in [2.75, 3.05) is 5.32 Å². The molecule has 1 amide bonds. The molecule has 0 fully saturated rings. The summed E-state index contributed by atoms with van der Waals surface area (Å²) in [4.78, 5) is 12.1. The van der Waals surface area contributed by atoms with Gasteiger partial charge in [-0.1, -0.05) is 19.4 Å². The zero-order chi connectivity index (χ0) is 13.9. The van der Waals surface area contributed by atoms with Crippen molar-refractivity contribution < 1.29 is 4.79 Å². The Balaban J connectivity index is 1.77. The summed E-state index contributed by atoms with van der Waals surface area (Å²) in [6, 6.07) is 7.26. The number of aryl methyl sites for hydroxylation is 1. The predicted octanol–water partition coefficient (Wildman–Crippen LogP) is 2.49. The maximum atomic E-state index is 12.1. The van der Waals surface area contributed by atoms with Gasteiger partial charge in [-0.05, 0) is 18.6 Å². The van der Waals surface area contributed by atoms with Gasteiger partial charge in [0.2, 0.25) is 0 Å². The number of nitrogens with zero attached hydrogens (tertiary/aromatic N) is 2. The van der Waals surface area contributed by atoms with Crippen molar-refractivity contribution in [3.63, 3.8) is 0 Å².